The lowest BCUT2D eigenvalue weighted by atomic mass is 9.88. The summed E-state index contributed by atoms with van der Waals surface area (Å²) in [5.41, 5.74) is 3.38. The summed E-state index contributed by atoms with van der Waals surface area (Å²) in [6.45, 7) is 1.02. The number of aryl methyl sites for hydroxylation is 1. The first-order valence-corrected chi connectivity index (χ1v) is 9.03. The fraction of sp³-hybridized carbons (Fsp3) is 0.286. The van der Waals surface area contributed by atoms with Crippen LogP contribution in [0.15, 0.2) is 54.7 Å². The number of para-hydroxylation sites is 1. The van der Waals surface area contributed by atoms with Crippen molar-refractivity contribution in [3.63, 3.8) is 0 Å². The summed E-state index contributed by atoms with van der Waals surface area (Å²) < 4.78 is 7.12. The maximum absolute atomic E-state index is 12.5. The van der Waals surface area contributed by atoms with Crippen LogP contribution < -0.4 is 5.32 Å². The van der Waals surface area contributed by atoms with Gasteiger partial charge < -0.3 is 14.6 Å². The average Bonchev–Trinajstić information content (AvgIpc) is 2.98. The number of carbonyl (C=O) groups is 1. The highest BCUT2D eigenvalue weighted by molar-refractivity contribution is 6.30. The predicted molar refractivity (Wildman–Crippen MR) is 106 cm³/mol. The van der Waals surface area contributed by atoms with E-state index in [1.54, 1.807) is 7.11 Å². The highest BCUT2D eigenvalue weighted by Crippen LogP contribution is 2.34. The smallest absolute Gasteiger partial charge is 0.221 e. The summed E-state index contributed by atoms with van der Waals surface area (Å²) in [6, 6.07) is 16.0. The van der Waals surface area contributed by atoms with E-state index in [2.05, 4.69) is 28.2 Å². The minimum absolute atomic E-state index is 0.00920. The van der Waals surface area contributed by atoms with Crippen molar-refractivity contribution in [2.24, 2.45) is 7.05 Å². The second-order valence-electron chi connectivity index (χ2n) is 6.36. The molecule has 1 N–H and O–H groups in total. The van der Waals surface area contributed by atoms with Gasteiger partial charge >= 0.3 is 0 Å². The molecule has 0 saturated carbocycles. The minimum atomic E-state index is -0.0408. The Bertz CT molecular complexity index is 887. The zero-order valence-corrected chi connectivity index (χ0v) is 15.8. The normalized spacial score (nSPS) is 12.3. The Morgan fingerprint density at radius 1 is 1.19 bits per heavy atom. The number of carbonyl (C=O) groups excluding carboxylic acids is 1. The monoisotopic (exact) mass is 370 g/mol. The van der Waals surface area contributed by atoms with E-state index in [1.807, 2.05) is 43.4 Å². The molecule has 0 saturated heterocycles. The molecule has 0 spiro atoms. The molecule has 0 aliphatic carbocycles. The molecule has 0 aliphatic rings. The number of nitrogens with one attached hydrogen (secondary N) is 1. The van der Waals surface area contributed by atoms with Gasteiger partial charge in [-0.05, 0) is 29.3 Å². The molecule has 136 valence electrons. The third-order valence-electron chi connectivity index (χ3n) is 4.59. The molecule has 5 heteroatoms. The van der Waals surface area contributed by atoms with Gasteiger partial charge in [-0.15, -0.1) is 0 Å². The number of fused-ring (bicyclic) bond motifs is 1. The number of hydrogen-bond donors (Lipinski definition) is 1. The fourth-order valence-corrected chi connectivity index (χ4v) is 3.43. The van der Waals surface area contributed by atoms with Crippen molar-refractivity contribution in [3.05, 3.63) is 70.9 Å². The number of aromatic nitrogens is 1. The van der Waals surface area contributed by atoms with Crippen LogP contribution in [0, 0.1) is 0 Å². The highest BCUT2D eigenvalue weighted by Gasteiger charge is 2.22. The maximum Gasteiger partial charge on any atom is 0.221 e. The minimum Gasteiger partial charge on any atom is -0.383 e. The maximum atomic E-state index is 12.5. The van der Waals surface area contributed by atoms with Crippen LogP contribution >= 0.6 is 11.6 Å². The first kappa shape index (κ1) is 18.5. The molecule has 1 aromatic heterocycles. The summed E-state index contributed by atoms with van der Waals surface area (Å²) in [6.07, 6.45) is 2.49. The van der Waals surface area contributed by atoms with E-state index in [4.69, 9.17) is 16.3 Å². The summed E-state index contributed by atoms with van der Waals surface area (Å²) >= 11 is 6.05. The van der Waals surface area contributed by atoms with Crippen LogP contribution in [-0.4, -0.2) is 30.7 Å². The third-order valence-corrected chi connectivity index (χ3v) is 4.85. The lowest BCUT2D eigenvalue weighted by Crippen LogP contribution is -2.28. The topological polar surface area (TPSA) is 43.3 Å². The molecule has 1 amide bonds. The van der Waals surface area contributed by atoms with E-state index in [0.717, 1.165) is 16.6 Å². The Labute approximate surface area is 158 Å². The molecule has 3 aromatic rings. The van der Waals surface area contributed by atoms with E-state index in [0.29, 0.717) is 24.6 Å². The highest BCUT2D eigenvalue weighted by atomic mass is 35.5. The number of hydrogen-bond acceptors (Lipinski definition) is 2. The van der Waals surface area contributed by atoms with Gasteiger partial charge in [-0.3, -0.25) is 4.79 Å². The van der Waals surface area contributed by atoms with E-state index >= 15 is 0 Å². The quantitative estimate of drug-likeness (QED) is 0.636. The number of rotatable bonds is 7. The van der Waals surface area contributed by atoms with Gasteiger partial charge in [0.05, 0.1) is 6.61 Å². The van der Waals surface area contributed by atoms with Crippen molar-refractivity contribution in [2.45, 2.75) is 12.3 Å². The Kier molecular flexibility index (Phi) is 5.96. The molecule has 1 heterocycles. The molecule has 2 aromatic carbocycles. The summed E-state index contributed by atoms with van der Waals surface area (Å²) in [5, 5.41) is 4.78. The number of amides is 1. The van der Waals surface area contributed by atoms with Crippen LogP contribution in [-0.2, 0) is 16.6 Å². The molecule has 26 heavy (non-hydrogen) atoms. The van der Waals surface area contributed by atoms with Crippen LogP contribution in [0.2, 0.25) is 5.02 Å². The standard InChI is InChI=1S/C21H23ClN2O2/c1-24-14-19(17-5-3-4-6-20(17)24)18(13-21(25)23-11-12-26-2)15-7-9-16(22)10-8-15/h3-10,14,18H,11-13H2,1-2H3,(H,23,25)/t18-/m0/s1. The van der Waals surface area contributed by atoms with Crippen molar-refractivity contribution >= 4 is 28.4 Å². The molecule has 3 rings (SSSR count). The first-order chi connectivity index (χ1) is 12.6. The van der Waals surface area contributed by atoms with Crippen LogP contribution in [0.1, 0.15) is 23.5 Å². The summed E-state index contributed by atoms with van der Waals surface area (Å²) in [7, 11) is 3.65. The molecule has 4 nitrogen and oxygen atoms in total. The number of methoxy groups -OCH3 is 1. The predicted octanol–water partition coefficient (Wildman–Crippen LogP) is 4.12. The van der Waals surface area contributed by atoms with Crippen molar-refractivity contribution in [1.82, 2.24) is 9.88 Å². The van der Waals surface area contributed by atoms with Crippen LogP contribution in [0.3, 0.4) is 0 Å². The average molecular weight is 371 g/mol. The van der Waals surface area contributed by atoms with Crippen molar-refractivity contribution in [1.29, 1.82) is 0 Å². The zero-order chi connectivity index (χ0) is 18.5. The molecular formula is C21H23ClN2O2. The Hall–Kier alpha value is -2.30. The number of ether oxygens (including phenoxy) is 1. The Morgan fingerprint density at radius 2 is 1.92 bits per heavy atom. The van der Waals surface area contributed by atoms with Gasteiger partial charge in [-0.1, -0.05) is 41.9 Å². The Morgan fingerprint density at radius 3 is 2.65 bits per heavy atom. The first-order valence-electron chi connectivity index (χ1n) is 8.65. The van der Waals surface area contributed by atoms with Crippen LogP contribution in [0.4, 0.5) is 0 Å². The second-order valence-corrected chi connectivity index (χ2v) is 6.80. The van der Waals surface area contributed by atoms with Crippen molar-refractivity contribution in [3.8, 4) is 0 Å². The van der Waals surface area contributed by atoms with Crippen molar-refractivity contribution in [2.75, 3.05) is 20.3 Å². The van der Waals surface area contributed by atoms with E-state index in [-0.39, 0.29) is 11.8 Å². The molecule has 0 bridgehead atoms. The fourth-order valence-electron chi connectivity index (χ4n) is 3.30. The zero-order valence-electron chi connectivity index (χ0n) is 15.0. The van der Waals surface area contributed by atoms with E-state index < -0.39 is 0 Å². The third kappa shape index (κ3) is 4.09. The molecule has 1 atom stereocenters. The van der Waals surface area contributed by atoms with Gasteiger partial charge in [-0.25, -0.2) is 0 Å². The van der Waals surface area contributed by atoms with Gasteiger partial charge in [-0.2, -0.15) is 0 Å². The second kappa shape index (κ2) is 8.39. The van der Waals surface area contributed by atoms with Crippen LogP contribution in [0.25, 0.3) is 10.9 Å². The summed E-state index contributed by atoms with van der Waals surface area (Å²) in [4.78, 5) is 12.5. The van der Waals surface area contributed by atoms with Crippen LogP contribution in [0.5, 0.6) is 0 Å². The molecule has 0 unspecified atom stereocenters. The van der Waals surface area contributed by atoms with Crippen molar-refractivity contribution < 1.29 is 9.53 Å². The summed E-state index contributed by atoms with van der Waals surface area (Å²) in [5.74, 6) is -0.0316. The lowest BCUT2D eigenvalue weighted by Gasteiger charge is -2.17. The SMILES string of the molecule is COCCNC(=O)C[C@@H](c1ccc(Cl)cc1)c1cn(C)c2ccccc12. The number of benzene rings is 2. The van der Waals surface area contributed by atoms with Gasteiger partial charge in [0, 0.05) is 55.2 Å². The van der Waals surface area contributed by atoms with E-state index in [1.165, 1.54) is 5.39 Å². The van der Waals surface area contributed by atoms with Gasteiger partial charge in [0.2, 0.25) is 5.91 Å². The number of halogens is 1. The molecule has 0 radical (unpaired) electrons. The molecular weight excluding hydrogens is 348 g/mol. The molecule has 0 aliphatic heterocycles. The van der Waals surface area contributed by atoms with Gasteiger partial charge in [0.25, 0.3) is 0 Å². The van der Waals surface area contributed by atoms with E-state index in [9.17, 15) is 4.79 Å². The van der Waals surface area contributed by atoms with Gasteiger partial charge in [0.1, 0.15) is 0 Å². The molecule has 0 fully saturated rings. The number of nitrogens with zero attached hydrogens (tertiary/aromatic N) is 1. The Balaban J connectivity index is 1.97. The largest absolute Gasteiger partial charge is 0.383 e. The lowest BCUT2D eigenvalue weighted by molar-refractivity contribution is -0.121. The van der Waals surface area contributed by atoms with Gasteiger partial charge in [0.15, 0.2) is 0 Å².